The molecule has 1 N–H and O–H groups in total. The summed E-state index contributed by atoms with van der Waals surface area (Å²) in [6.07, 6.45) is 6.20. The van der Waals surface area contributed by atoms with E-state index in [1.807, 2.05) is 18.5 Å². The van der Waals surface area contributed by atoms with E-state index in [-0.39, 0.29) is 0 Å². The predicted octanol–water partition coefficient (Wildman–Crippen LogP) is 1.66. The molecule has 1 atom stereocenters. The monoisotopic (exact) mass is 205 g/mol. The van der Waals surface area contributed by atoms with Gasteiger partial charge in [-0.15, -0.1) is 0 Å². The van der Waals surface area contributed by atoms with Crippen LogP contribution in [0.3, 0.4) is 0 Å². The third-order valence-corrected chi connectivity index (χ3v) is 2.94. The summed E-state index contributed by atoms with van der Waals surface area (Å²) in [5, 5.41) is 3.51. The number of anilines is 1. The minimum atomic E-state index is 0.629. The Morgan fingerprint density at radius 1 is 1.47 bits per heavy atom. The van der Waals surface area contributed by atoms with Crippen LogP contribution in [0.1, 0.15) is 19.8 Å². The van der Waals surface area contributed by atoms with Crippen LogP contribution in [0.25, 0.3) is 0 Å². The summed E-state index contributed by atoms with van der Waals surface area (Å²) in [4.78, 5) is 6.61. The standard InChI is InChI=1S/C12H19N3/c1-11-5-9-15(8-3-7-14-11)12-4-2-6-13-10-12/h2,4,6,10-11,14H,3,5,7-9H2,1H3. The van der Waals surface area contributed by atoms with Gasteiger partial charge in [0, 0.05) is 25.3 Å². The summed E-state index contributed by atoms with van der Waals surface area (Å²) in [5.41, 5.74) is 1.26. The van der Waals surface area contributed by atoms with Crippen molar-refractivity contribution in [3.8, 4) is 0 Å². The molecular weight excluding hydrogens is 186 g/mol. The minimum Gasteiger partial charge on any atom is -0.370 e. The molecule has 15 heavy (non-hydrogen) atoms. The van der Waals surface area contributed by atoms with Crippen LogP contribution in [0.5, 0.6) is 0 Å². The molecule has 3 nitrogen and oxygen atoms in total. The van der Waals surface area contributed by atoms with E-state index in [1.165, 1.54) is 18.5 Å². The van der Waals surface area contributed by atoms with E-state index in [0.29, 0.717) is 6.04 Å². The largest absolute Gasteiger partial charge is 0.370 e. The second-order valence-corrected chi connectivity index (χ2v) is 4.20. The Hall–Kier alpha value is -1.09. The third-order valence-electron chi connectivity index (χ3n) is 2.94. The van der Waals surface area contributed by atoms with E-state index in [0.717, 1.165) is 19.6 Å². The number of hydrogen-bond acceptors (Lipinski definition) is 3. The van der Waals surface area contributed by atoms with Gasteiger partial charge in [0.25, 0.3) is 0 Å². The molecule has 0 aromatic carbocycles. The highest BCUT2D eigenvalue weighted by molar-refractivity contribution is 5.43. The van der Waals surface area contributed by atoms with Gasteiger partial charge >= 0.3 is 0 Å². The van der Waals surface area contributed by atoms with Crippen LogP contribution in [0.15, 0.2) is 24.5 Å². The Morgan fingerprint density at radius 2 is 2.40 bits per heavy atom. The van der Waals surface area contributed by atoms with Crippen molar-refractivity contribution in [2.45, 2.75) is 25.8 Å². The molecule has 82 valence electrons. The van der Waals surface area contributed by atoms with Gasteiger partial charge < -0.3 is 10.2 Å². The molecule has 3 heteroatoms. The fourth-order valence-electron chi connectivity index (χ4n) is 1.98. The topological polar surface area (TPSA) is 28.2 Å². The maximum absolute atomic E-state index is 4.18. The summed E-state index contributed by atoms with van der Waals surface area (Å²) in [6, 6.07) is 4.78. The fourth-order valence-corrected chi connectivity index (χ4v) is 1.98. The second-order valence-electron chi connectivity index (χ2n) is 4.20. The molecule has 0 aliphatic carbocycles. The Labute approximate surface area is 91.5 Å². The second kappa shape index (κ2) is 5.12. The number of nitrogens with one attached hydrogen (secondary N) is 1. The summed E-state index contributed by atoms with van der Waals surface area (Å²) in [5.74, 6) is 0. The Kier molecular flexibility index (Phi) is 3.56. The van der Waals surface area contributed by atoms with Gasteiger partial charge in [0.2, 0.25) is 0 Å². The van der Waals surface area contributed by atoms with Crippen LogP contribution in [-0.2, 0) is 0 Å². The SMILES string of the molecule is CC1CCN(c2cccnc2)CCCN1. The predicted molar refractivity (Wildman–Crippen MR) is 63.1 cm³/mol. The first kappa shape index (κ1) is 10.4. The molecular formula is C12H19N3. The number of aromatic nitrogens is 1. The molecule has 0 spiro atoms. The lowest BCUT2D eigenvalue weighted by Gasteiger charge is -2.29. The zero-order chi connectivity index (χ0) is 10.5. The molecule has 0 amide bonds. The maximum Gasteiger partial charge on any atom is 0.0552 e. The van der Waals surface area contributed by atoms with Crippen LogP contribution >= 0.6 is 0 Å². The Bertz CT molecular complexity index is 286. The summed E-state index contributed by atoms with van der Waals surface area (Å²) in [6.45, 7) is 5.63. The average Bonchev–Trinajstić information content (AvgIpc) is 2.25. The molecule has 1 aromatic rings. The van der Waals surface area contributed by atoms with Crippen molar-refractivity contribution < 1.29 is 0 Å². The fraction of sp³-hybridized carbons (Fsp3) is 0.583. The van der Waals surface area contributed by atoms with Crippen molar-refractivity contribution in [1.82, 2.24) is 10.3 Å². The van der Waals surface area contributed by atoms with Crippen LogP contribution in [-0.4, -0.2) is 30.7 Å². The summed E-state index contributed by atoms with van der Waals surface area (Å²) in [7, 11) is 0. The lowest BCUT2D eigenvalue weighted by atomic mass is 10.1. The van der Waals surface area contributed by atoms with E-state index < -0.39 is 0 Å². The highest BCUT2D eigenvalue weighted by Crippen LogP contribution is 2.14. The first-order valence-corrected chi connectivity index (χ1v) is 5.74. The minimum absolute atomic E-state index is 0.629. The number of rotatable bonds is 1. The van der Waals surface area contributed by atoms with Crippen molar-refractivity contribution in [3.05, 3.63) is 24.5 Å². The quantitative estimate of drug-likeness (QED) is 0.755. The van der Waals surface area contributed by atoms with E-state index in [2.05, 4.69) is 28.2 Å². The normalized spacial score (nSPS) is 23.3. The van der Waals surface area contributed by atoms with Crippen molar-refractivity contribution in [1.29, 1.82) is 0 Å². The van der Waals surface area contributed by atoms with Crippen LogP contribution in [0, 0.1) is 0 Å². The van der Waals surface area contributed by atoms with Crippen molar-refractivity contribution in [2.24, 2.45) is 0 Å². The smallest absolute Gasteiger partial charge is 0.0552 e. The van der Waals surface area contributed by atoms with Gasteiger partial charge in [0.05, 0.1) is 11.9 Å². The average molecular weight is 205 g/mol. The Morgan fingerprint density at radius 3 is 3.20 bits per heavy atom. The third kappa shape index (κ3) is 2.93. The van der Waals surface area contributed by atoms with Crippen LogP contribution in [0.2, 0.25) is 0 Å². The molecule has 1 aliphatic heterocycles. The Balaban J connectivity index is 2.01. The maximum atomic E-state index is 4.18. The van der Waals surface area contributed by atoms with Gasteiger partial charge in [0.1, 0.15) is 0 Å². The molecule has 1 fully saturated rings. The summed E-state index contributed by atoms with van der Waals surface area (Å²) >= 11 is 0. The van der Waals surface area contributed by atoms with Gasteiger partial charge in [0.15, 0.2) is 0 Å². The van der Waals surface area contributed by atoms with Crippen molar-refractivity contribution in [2.75, 3.05) is 24.5 Å². The number of hydrogen-bond donors (Lipinski definition) is 1. The van der Waals surface area contributed by atoms with Crippen LogP contribution in [0.4, 0.5) is 5.69 Å². The lowest BCUT2D eigenvalue weighted by Crippen LogP contribution is -2.38. The van der Waals surface area contributed by atoms with Crippen molar-refractivity contribution in [3.63, 3.8) is 0 Å². The van der Waals surface area contributed by atoms with E-state index in [9.17, 15) is 0 Å². The molecule has 0 radical (unpaired) electrons. The van der Waals surface area contributed by atoms with E-state index in [1.54, 1.807) is 0 Å². The lowest BCUT2D eigenvalue weighted by molar-refractivity contribution is 0.475. The van der Waals surface area contributed by atoms with Gasteiger partial charge in [-0.05, 0) is 38.4 Å². The number of pyridine rings is 1. The first-order chi connectivity index (χ1) is 7.36. The molecule has 0 bridgehead atoms. The van der Waals surface area contributed by atoms with E-state index in [4.69, 9.17) is 0 Å². The molecule has 2 heterocycles. The first-order valence-electron chi connectivity index (χ1n) is 5.74. The highest BCUT2D eigenvalue weighted by Gasteiger charge is 2.11. The highest BCUT2D eigenvalue weighted by atomic mass is 15.1. The van der Waals surface area contributed by atoms with Gasteiger partial charge in [-0.1, -0.05) is 0 Å². The van der Waals surface area contributed by atoms with Gasteiger partial charge in [-0.2, -0.15) is 0 Å². The van der Waals surface area contributed by atoms with Crippen LogP contribution < -0.4 is 10.2 Å². The molecule has 1 saturated heterocycles. The number of nitrogens with zero attached hydrogens (tertiary/aromatic N) is 2. The summed E-state index contributed by atoms with van der Waals surface area (Å²) < 4.78 is 0. The van der Waals surface area contributed by atoms with Gasteiger partial charge in [-0.25, -0.2) is 0 Å². The zero-order valence-corrected chi connectivity index (χ0v) is 9.32. The molecule has 1 aromatic heterocycles. The molecule has 1 aliphatic rings. The molecule has 1 unspecified atom stereocenters. The van der Waals surface area contributed by atoms with Crippen molar-refractivity contribution >= 4 is 5.69 Å². The van der Waals surface area contributed by atoms with Gasteiger partial charge in [-0.3, -0.25) is 4.98 Å². The molecule has 0 saturated carbocycles. The zero-order valence-electron chi connectivity index (χ0n) is 9.32. The van der Waals surface area contributed by atoms with E-state index >= 15 is 0 Å². The molecule has 2 rings (SSSR count).